The molecule has 0 bridgehead atoms. The summed E-state index contributed by atoms with van der Waals surface area (Å²) in [5.74, 6) is 0.0691. The van der Waals surface area contributed by atoms with Crippen molar-refractivity contribution < 1.29 is 27.5 Å². The molecule has 0 spiro atoms. The number of sulfonamides is 1. The Morgan fingerprint density at radius 1 is 0.900 bits per heavy atom. The van der Waals surface area contributed by atoms with Crippen LogP contribution in [0.4, 0.5) is 5.69 Å². The van der Waals surface area contributed by atoms with Crippen LogP contribution < -0.4 is 19.1 Å². The van der Waals surface area contributed by atoms with Gasteiger partial charge in [-0.2, -0.15) is 0 Å². The van der Waals surface area contributed by atoms with Crippen LogP contribution in [-0.2, 0) is 26.2 Å². The summed E-state index contributed by atoms with van der Waals surface area (Å²) in [4.78, 5) is 28.8. The third-order valence-electron chi connectivity index (χ3n) is 6.39. The fourth-order valence-corrected chi connectivity index (χ4v) is 5.77. The standard InChI is InChI=1S/C30H37N3O6S/c1-5-19-31-30(35)26(6-2)32(21-23-13-12-14-24(20-23)38-3)29(34)22-33(27-17-10-11-18-28(27)39-4)40(36,37)25-15-8-7-9-16-25/h7-18,20,26H,5-6,19,21-22H2,1-4H3,(H,31,35)/t26-/m0/s1. The molecule has 2 amide bonds. The number of anilines is 1. The number of nitrogens with zero attached hydrogens (tertiary/aromatic N) is 2. The fourth-order valence-electron chi connectivity index (χ4n) is 4.32. The lowest BCUT2D eigenvalue weighted by Gasteiger charge is -2.33. The normalized spacial score (nSPS) is 11.8. The van der Waals surface area contributed by atoms with E-state index in [4.69, 9.17) is 9.47 Å². The second-order valence-corrected chi connectivity index (χ2v) is 10.9. The van der Waals surface area contributed by atoms with E-state index < -0.39 is 28.5 Å². The van der Waals surface area contributed by atoms with Crippen LogP contribution in [0.25, 0.3) is 0 Å². The Balaban J connectivity index is 2.08. The second kappa shape index (κ2) is 14.4. The van der Waals surface area contributed by atoms with Crippen LogP contribution in [0.15, 0.2) is 83.8 Å². The maximum atomic E-state index is 14.1. The number of methoxy groups -OCH3 is 2. The summed E-state index contributed by atoms with van der Waals surface area (Å²) in [5, 5.41) is 2.88. The molecule has 0 unspecified atom stereocenters. The van der Waals surface area contributed by atoms with Crippen LogP contribution in [0, 0.1) is 0 Å². The highest BCUT2D eigenvalue weighted by atomic mass is 32.2. The van der Waals surface area contributed by atoms with Crippen LogP contribution in [-0.4, -0.2) is 58.5 Å². The summed E-state index contributed by atoms with van der Waals surface area (Å²) in [7, 11) is -1.19. The SMILES string of the molecule is CCCNC(=O)[C@H](CC)N(Cc1cccc(OC)c1)C(=O)CN(c1ccccc1OC)S(=O)(=O)c1ccccc1. The summed E-state index contributed by atoms with van der Waals surface area (Å²) in [5.41, 5.74) is 0.955. The third-order valence-corrected chi connectivity index (χ3v) is 8.16. The molecule has 1 N–H and O–H groups in total. The van der Waals surface area contributed by atoms with E-state index in [1.807, 2.05) is 19.9 Å². The fraction of sp³-hybridized carbons (Fsp3) is 0.333. The molecule has 0 radical (unpaired) electrons. The van der Waals surface area contributed by atoms with E-state index in [1.165, 1.54) is 24.1 Å². The molecule has 9 nitrogen and oxygen atoms in total. The van der Waals surface area contributed by atoms with Gasteiger partial charge in [0.2, 0.25) is 11.8 Å². The highest BCUT2D eigenvalue weighted by Gasteiger charge is 2.34. The Morgan fingerprint density at radius 3 is 2.25 bits per heavy atom. The number of amides is 2. The van der Waals surface area contributed by atoms with E-state index in [-0.39, 0.29) is 23.0 Å². The lowest BCUT2D eigenvalue weighted by molar-refractivity contribution is -0.140. The summed E-state index contributed by atoms with van der Waals surface area (Å²) in [6.45, 7) is 3.77. The van der Waals surface area contributed by atoms with Crippen molar-refractivity contribution in [1.82, 2.24) is 10.2 Å². The van der Waals surface area contributed by atoms with Crippen molar-refractivity contribution in [2.75, 3.05) is 31.6 Å². The summed E-state index contributed by atoms with van der Waals surface area (Å²) in [6, 6.07) is 20.9. The molecule has 1 atom stereocenters. The van der Waals surface area contributed by atoms with E-state index in [0.29, 0.717) is 24.5 Å². The second-order valence-electron chi connectivity index (χ2n) is 9.08. The van der Waals surface area contributed by atoms with Crippen LogP contribution >= 0.6 is 0 Å². The molecule has 0 aliphatic carbocycles. The van der Waals surface area contributed by atoms with Gasteiger partial charge in [0.1, 0.15) is 24.1 Å². The minimum atomic E-state index is -4.18. The Kier molecular flexibility index (Phi) is 11.0. The van der Waals surface area contributed by atoms with Gasteiger partial charge in [0.15, 0.2) is 0 Å². The monoisotopic (exact) mass is 567 g/mol. The molecule has 0 aliphatic heterocycles. The van der Waals surface area contributed by atoms with Crippen molar-refractivity contribution in [3.05, 3.63) is 84.4 Å². The maximum absolute atomic E-state index is 14.1. The Morgan fingerprint density at radius 2 is 1.60 bits per heavy atom. The zero-order chi connectivity index (χ0) is 29.1. The number of benzene rings is 3. The minimum Gasteiger partial charge on any atom is -0.497 e. The van der Waals surface area contributed by atoms with Gasteiger partial charge in [0.05, 0.1) is 24.8 Å². The van der Waals surface area contributed by atoms with Crippen LogP contribution in [0.5, 0.6) is 11.5 Å². The first-order chi connectivity index (χ1) is 19.3. The molecule has 40 heavy (non-hydrogen) atoms. The number of hydrogen-bond acceptors (Lipinski definition) is 6. The summed E-state index contributed by atoms with van der Waals surface area (Å²) >= 11 is 0. The number of hydrogen-bond donors (Lipinski definition) is 1. The number of para-hydroxylation sites is 2. The number of ether oxygens (including phenoxy) is 2. The predicted octanol–water partition coefficient (Wildman–Crippen LogP) is 4.23. The molecular formula is C30H37N3O6S. The van der Waals surface area contributed by atoms with E-state index in [9.17, 15) is 18.0 Å². The predicted molar refractivity (Wildman–Crippen MR) is 155 cm³/mol. The molecule has 214 valence electrons. The Hall–Kier alpha value is -4.05. The average Bonchev–Trinajstić information content (AvgIpc) is 2.98. The van der Waals surface area contributed by atoms with E-state index in [2.05, 4.69) is 5.32 Å². The van der Waals surface area contributed by atoms with Gasteiger partial charge in [-0.15, -0.1) is 0 Å². The van der Waals surface area contributed by atoms with Crippen molar-refractivity contribution in [2.45, 2.75) is 44.2 Å². The first-order valence-corrected chi connectivity index (χ1v) is 14.6. The largest absolute Gasteiger partial charge is 0.497 e. The van der Waals surface area contributed by atoms with Crippen LogP contribution in [0.3, 0.4) is 0 Å². The van der Waals surface area contributed by atoms with Gasteiger partial charge in [-0.3, -0.25) is 13.9 Å². The van der Waals surface area contributed by atoms with Crippen LogP contribution in [0.1, 0.15) is 32.3 Å². The van der Waals surface area contributed by atoms with Crippen molar-refractivity contribution in [2.24, 2.45) is 0 Å². The summed E-state index contributed by atoms with van der Waals surface area (Å²) in [6.07, 6.45) is 1.08. The van der Waals surface area contributed by atoms with Crippen molar-refractivity contribution >= 4 is 27.5 Å². The van der Waals surface area contributed by atoms with E-state index in [0.717, 1.165) is 16.3 Å². The molecule has 3 aromatic carbocycles. The highest BCUT2D eigenvalue weighted by Crippen LogP contribution is 2.32. The maximum Gasteiger partial charge on any atom is 0.264 e. The smallest absolute Gasteiger partial charge is 0.264 e. The first-order valence-electron chi connectivity index (χ1n) is 13.2. The first kappa shape index (κ1) is 30.5. The molecular weight excluding hydrogens is 530 g/mol. The lowest BCUT2D eigenvalue weighted by Crippen LogP contribution is -2.52. The van der Waals surface area contributed by atoms with Gasteiger partial charge in [-0.25, -0.2) is 8.42 Å². The van der Waals surface area contributed by atoms with Gasteiger partial charge >= 0.3 is 0 Å². The topological polar surface area (TPSA) is 105 Å². The lowest BCUT2D eigenvalue weighted by atomic mass is 10.1. The van der Waals surface area contributed by atoms with E-state index in [1.54, 1.807) is 67.8 Å². The minimum absolute atomic E-state index is 0.0285. The molecule has 0 saturated heterocycles. The van der Waals surface area contributed by atoms with Gasteiger partial charge in [0.25, 0.3) is 10.0 Å². The van der Waals surface area contributed by atoms with Gasteiger partial charge in [-0.05, 0) is 54.8 Å². The Bertz CT molecular complexity index is 1380. The number of nitrogens with one attached hydrogen (secondary N) is 1. The molecule has 0 heterocycles. The molecule has 0 aliphatic rings. The van der Waals surface area contributed by atoms with Gasteiger partial charge < -0.3 is 19.7 Å². The van der Waals surface area contributed by atoms with Gasteiger partial charge in [-0.1, -0.05) is 56.3 Å². The third kappa shape index (κ3) is 7.32. The van der Waals surface area contributed by atoms with Crippen molar-refractivity contribution in [3.63, 3.8) is 0 Å². The quantitative estimate of drug-likeness (QED) is 0.313. The molecule has 3 aromatic rings. The highest BCUT2D eigenvalue weighted by molar-refractivity contribution is 7.92. The number of carbonyl (C=O) groups excluding carboxylic acids is 2. The Labute approximate surface area is 236 Å². The average molecular weight is 568 g/mol. The molecule has 0 aromatic heterocycles. The van der Waals surface area contributed by atoms with E-state index >= 15 is 0 Å². The van der Waals surface area contributed by atoms with Crippen LogP contribution in [0.2, 0.25) is 0 Å². The molecule has 3 rings (SSSR count). The molecule has 10 heteroatoms. The van der Waals surface area contributed by atoms with Crippen molar-refractivity contribution in [3.8, 4) is 11.5 Å². The molecule has 0 saturated carbocycles. The zero-order valence-electron chi connectivity index (χ0n) is 23.4. The van der Waals surface area contributed by atoms with Gasteiger partial charge in [0, 0.05) is 13.1 Å². The molecule has 0 fully saturated rings. The zero-order valence-corrected chi connectivity index (χ0v) is 24.2. The van der Waals surface area contributed by atoms with Crippen molar-refractivity contribution in [1.29, 1.82) is 0 Å². The summed E-state index contributed by atoms with van der Waals surface area (Å²) < 4.78 is 39.7. The number of rotatable bonds is 14. The number of carbonyl (C=O) groups is 2.